The van der Waals surface area contributed by atoms with Crippen molar-refractivity contribution in [3.63, 3.8) is 0 Å². The number of amides is 1. The second kappa shape index (κ2) is 9.02. The lowest BCUT2D eigenvalue weighted by Gasteiger charge is -2.12. The molecule has 0 fully saturated rings. The highest BCUT2D eigenvalue weighted by Gasteiger charge is 2.18. The molecule has 0 aliphatic heterocycles. The Hall–Kier alpha value is -2.09. The molecule has 140 valence electrons. The number of nitrogens with one attached hydrogen (secondary N) is 2. The van der Waals surface area contributed by atoms with Crippen LogP contribution < -0.4 is 10.0 Å². The van der Waals surface area contributed by atoms with Gasteiger partial charge in [0.15, 0.2) is 0 Å². The Kier molecular flexibility index (Phi) is 7.02. The van der Waals surface area contributed by atoms with E-state index < -0.39 is 10.0 Å². The van der Waals surface area contributed by atoms with Crippen molar-refractivity contribution in [2.45, 2.75) is 18.2 Å². The number of halogens is 1. The lowest BCUT2D eigenvalue weighted by molar-refractivity contribution is -0.120. The Bertz CT molecular complexity index is 867. The molecule has 0 atom stereocenters. The third kappa shape index (κ3) is 5.45. The van der Waals surface area contributed by atoms with E-state index in [0.29, 0.717) is 29.4 Å². The fraction of sp³-hybridized carbons (Fsp3) is 0.278. The number of rotatable bonds is 8. The van der Waals surface area contributed by atoms with E-state index in [0.717, 1.165) is 5.56 Å². The lowest BCUT2D eigenvalue weighted by Crippen LogP contribution is -2.28. The molecule has 2 rings (SSSR count). The van der Waals surface area contributed by atoms with E-state index in [9.17, 15) is 13.2 Å². The summed E-state index contributed by atoms with van der Waals surface area (Å²) in [7, 11) is -2.18. The molecule has 0 aromatic heterocycles. The van der Waals surface area contributed by atoms with E-state index in [1.807, 2.05) is 0 Å². The van der Waals surface area contributed by atoms with Gasteiger partial charge in [-0.05, 0) is 42.3 Å². The molecule has 6 nitrogen and oxygen atoms in total. The Morgan fingerprint density at radius 3 is 2.50 bits per heavy atom. The number of hydrogen-bond acceptors (Lipinski definition) is 4. The Labute approximate surface area is 158 Å². The summed E-state index contributed by atoms with van der Waals surface area (Å²) < 4.78 is 32.5. The van der Waals surface area contributed by atoms with Gasteiger partial charge in [-0.25, -0.2) is 8.42 Å². The summed E-state index contributed by atoms with van der Waals surface area (Å²) >= 11 is 6.00. The number of carbonyl (C=O) groups excluding carboxylic acids is 1. The van der Waals surface area contributed by atoms with Crippen molar-refractivity contribution >= 4 is 33.2 Å². The van der Waals surface area contributed by atoms with E-state index in [1.54, 1.807) is 50.4 Å². The molecule has 1 amide bonds. The van der Waals surface area contributed by atoms with Crippen LogP contribution in [0.3, 0.4) is 0 Å². The molecule has 2 N–H and O–H groups in total. The van der Waals surface area contributed by atoms with Crippen LogP contribution in [-0.4, -0.2) is 34.6 Å². The first kappa shape index (κ1) is 20.2. The zero-order chi connectivity index (χ0) is 19.2. The number of anilines is 1. The van der Waals surface area contributed by atoms with Crippen LogP contribution >= 0.6 is 11.6 Å². The normalized spacial score (nSPS) is 11.2. The molecule has 26 heavy (non-hydrogen) atoms. The van der Waals surface area contributed by atoms with Crippen molar-refractivity contribution in [3.05, 3.63) is 58.6 Å². The molecule has 8 heteroatoms. The fourth-order valence-corrected chi connectivity index (χ4v) is 3.88. The molecule has 2 aromatic rings. The van der Waals surface area contributed by atoms with Gasteiger partial charge in [0.05, 0.1) is 17.9 Å². The third-order valence-electron chi connectivity index (χ3n) is 3.71. The minimum atomic E-state index is -3.74. The van der Waals surface area contributed by atoms with Crippen molar-refractivity contribution in [2.24, 2.45) is 0 Å². The maximum atomic E-state index is 12.5. The van der Waals surface area contributed by atoms with Gasteiger partial charge in [0.25, 0.3) is 10.0 Å². The quantitative estimate of drug-likeness (QED) is 0.672. The average Bonchev–Trinajstić information content (AvgIpc) is 2.59. The van der Waals surface area contributed by atoms with Crippen LogP contribution in [0.15, 0.2) is 47.4 Å². The molecule has 0 radical (unpaired) electrons. The molecular formula is C18H21ClN2O4S. The van der Waals surface area contributed by atoms with Gasteiger partial charge in [-0.1, -0.05) is 29.8 Å². The van der Waals surface area contributed by atoms with Gasteiger partial charge >= 0.3 is 0 Å². The molecule has 0 saturated heterocycles. The molecule has 0 aliphatic carbocycles. The van der Waals surface area contributed by atoms with Crippen LogP contribution in [0.5, 0.6) is 0 Å². The number of benzene rings is 2. The zero-order valence-electron chi connectivity index (χ0n) is 14.6. The van der Waals surface area contributed by atoms with Crippen molar-refractivity contribution in [1.29, 1.82) is 0 Å². The van der Waals surface area contributed by atoms with Crippen molar-refractivity contribution in [1.82, 2.24) is 5.32 Å². The van der Waals surface area contributed by atoms with E-state index >= 15 is 0 Å². The minimum absolute atomic E-state index is 0.120. The highest BCUT2D eigenvalue weighted by atomic mass is 35.5. The molecule has 0 bridgehead atoms. The van der Waals surface area contributed by atoms with Crippen LogP contribution in [-0.2, 0) is 26.0 Å². The van der Waals surface area contributed by atoms with Gasteiger partial charge in [-0.2, -0.15) is 0 Å². The van der Waals surface area contributed by atoms with Crippen LogP contribution in [0.4, 0.5) is 5.69 Å². The molecule has 0 aliphatic rings. The van der Waals surface area contributed by atoms with Crippen molar-refractivity contribution < 1.29 is 17.9 Å². The predicted octanol–water partition coefficient (Wildman–Crippen LogP) is 2.75. The van der Waals surface area contributed by atoms with Gasteiger partial charge in [-0.3, -0.25) is 9.52 Å². The SMILES string of the molecule is COCCNC(=O)Cc1ccc(NS(=O)(=O)c2cccc(Cl)c2C)cc1. The van der Waals surface area contributed by atoms with E-state index in [2.05, 4.69) is 10.0 Å². The first-order chi connectivity index (χ1) is 12.3. The smallest absolute Gasteiger partial charge is 0.262 e. The molecule has 0 unspecified atom stereocenters. The summed E-state index contributed by atoms with van der Waals surface area (Å²) in [5.74, 6) is -0.120. The van der Waals surface area contributed by atoms with Crippen molar-refractivity contribution in [3.8, 4) is 0 Å². The lowest BCUT2D eigenvalue weighted by atomic mass is 10.1. The summed E-state index contributed by atoms with van der Waals surface area (Å²) in [6.45, 7) is 2.56. The highest BCUT2D eigenvalue weighted by molar-refractivity contribution is 7.92. The van der Waals surface area contributed by atoms with E-state index in [1.165, 1.54) is 6.07 Å². The average molecular weight is 397 g/mol. The van der Waals surface area contributed by atoms with Crippen LogP contribution in [0, 0.1) is 6.92 Å². The largest absolute Gasteiger partial charge is 0.383 e. The maximum Gasteiger partial charge on any atom is 0.262 e. The molecule has 0 saturated carbocycles. The first-order valence-electron chi connectivity index (χ1n) is 7.96. The van der Waals surface area contributed by atoms with Gasteiger partial charge in [0, 0.05) is 24.4 Å². The number of hydrogen-bond donors (Lipinski definition) is 2. The van der Waals surface area contributed by atoms with Gasteiger partial charge in [-0.15, -0.1) is 0 Å². The third-order valence-corrected chi connectivity index (χ3v) is 5.64. The molecular weight excluding hydrogens is 376 g/mol. The minimum Gasteiger partial charge on any atom is -0.383 e. The maximum absolute atomic E-state index is 12.5. The summed E-state index contributed by atoms with van der Waals surface area (Å²) in [5.41, 5.74) is 1.68. The summed E-state index contributed by atoms with van der Waals surface area (Å²) in [6, 6.07) is 11.4. The number of carbonyl (C=O) groups is 1. The summed E-state index contributed by atoms with van der Waals surface area (Å²) in [6.07, 6.45) is 0.212. The summed E-state index contributed by atoms with van der Waals surface area (Å²) in [5, 5.41) is 3.12. The standard InChI is InChI=1S/C18H21ClN2O4S/c1-13-16(19)4-3-5-17(13)26(23,24)21-15-8-6-14(7-9-15)12-18(22)20-10-11-25-2/h3-9,21H,10-12H2,1-2H3,(H,20,22). The number of ether oxygens (including phenoxy) is 1. The Balaban J connectivity index is 2.04. The van der Waals surface area contributed by atoms with Gasteiger partial charge < -0.3 is 10.1 Å². The second-order valence-electron chi connectivity index (χ2n) is 5.68. The van der Waals surface area contributed by atoms with E-state index in [4.69, 9.17) is 16.3 Å². The Morgan fingerprint density at radius 2 is 1.85 bits per heavy atom. The first-order valence-corrected chi connectivity index (χ1v) is 9.82. The van der Waals surface area contributed by atoms with Crippen molar-refractivity contribution in [2.75, 3.05) is 25.0 Å². The zero-order valence-corrected chi connectivity index (χ0v) is 16.2. The van der Waals surface area contributed by atoms with Gasteiger partial charge in [0.1, 0.15) is 0 Å². The topological polar surface area (TPSA) is 84.5 Å². The molecule has 0 spiro atoms. The Morgan fingerprint density at radius 1 is 1.15 bits per heavy atom. The second-order valence-corrected chi connectivity index (χ2v) is 7.74. The van der Waals surface area contributed by atoms with E-state index in [-0.39, 0.29) is 17.2 Å². The molecule has 0 heterocycles. The fourth-order valence-electron chi connectivity index (χ4n) is 2.32. The number of sulfonamides is 1. The number of methoxy groups -OCH3 is 1. The molecule has 2 aromatic carbocycles. The van der Waals surface area contributed by atoms with Crippen LogP contribution in [0.2, 0.25) is 5.02 Å². The monoisotopic (exact) mass is 396 g/mol. The van der Waals surface area contributed by atoms with Crippen LogP contribution in [0.25, 0.3) is 0 Å². The predicted molar refractivity (Wildman–Crippen MR) is 102 cm³/mol. The van der Waals surface area contributed by atoms with Crippen LogP contribution in [0.1, 0.15) is 11.1 Å². The summed E-state index contributed by atoms with van der Waals surface area (Å²) in [4.78, 5) is 11.9. The highest BCUT2D eigenvalue weighted by Crippen LogP contribution is 2.24. The van der Waals surface area contributed by atoms with Gasteiger partial charge in [0.2, 0.25) is 5.91 Å².